The van der Waals surface area contributed by atoms with Crippen molar-refractivity contribution in [2.45, 2.75) is 0 Å². The molecule has 0 bridgehead atoms. The van der Waals surface area contributed by atoms with Crippen molar-refractivity contribution in [3.63, 3.8) is 0 Å². The molecule has 0 unspecified atom stereocenters. The normalized spacial score (nSPS) is 11.3. The third-order valence-corrected chi connectivity index (χ3v) is 25.0. The summed E-state index contributed by atoms with van der Waals surface area (Å²) in [5.41, 5.74) is 29.8. The predicted molar refractivity (Wildman–Crippen MR) is 547 cm³/mol. The molecule has 4 aromatic heterocycles. The number of nitrogens with zero attached hydrogens (tertiary/aromatic N) is 8. The molecule has 0 saturated heterocycles. The number of rotatable bonds is 16. The fourth-order valence-electron chi connectivity index (χ4n) is 18.1. The highest BCUT2D eigenvalue weighted by Crippen LogP contribution is 2.42. The summed E-state index contributed by atoms with van der Waals surface area (Å²) in [4.78, 5) is 41.1. The zero-order valence-corrected chi connectivity index (χ0v) is 71.8. The minimum atomic E-state index is 0.618. The molecule has 0 fully saturated rings. The lowest BCUT2D eigenvalue weighted by Gasteiger charge is -2.13. The molecular formula is C124H80N8. The molecule has 24 aromatic rings. The Morgan fingerprint density at radius 1 is 0.0985 bits per heavy atom. The van der Waals surface area contributed by atoms with Crippen LogP contribution in [0.5, 0.6) is 0 Å². The molecule has 0 aliphatic rings. The Kier molecular flexibility index (Phi) is 20.9. The van der Waals surface area contributed by atoms with E-state index in [0.29, 0.717) is 34.9 Å². The van der Waals surface area contributed by atoms with Gasteiger partial charge in [-0.25, -0.2) is 39.9 Å². The lowest BCUT2D eigenvalue weighted by atomic mass is 9.94. The number of fused-ring (bicyclic) bond motifs is 8. The third kappa shape index (κ3) is 16.1. The van der Waals surface area contributed by atoms with E-state index in [4.69, 9.17) is 39.9 Å². The zero-order valence-electron chi connectivity index (χ0n) is 71.8. The van der Waals surface area contributed by atoms with Crippen LogP contribution < -0.4 is 0 Å². The van der Waals surface area contributed by atoms with E-state index in [1.165, 1.54) is 60.0 Å². The third-order valence-electron chi connectivity index (χ3n) is 25.0. The number of hydrogen-bond donors (Lipinski definition) is 0. The van der Waals surface area contributed by atoms with Crippen LogP contribution in [0.3, 0.4) is 0 Å². The van der Waals surface area contributed by atoms with Gasteiger partial charge in [0.15, 0.2) is 34.9 Å². The number of benzene rings is 20. The maximum absolute atomic E-state index is 5.31. The van der Waals surface area contributed by atoms with Crippen molar-refractivity contribution in [1.82, 2.24) is 39.9 Å². The van der Waals surface area contributed by atoms with Crippen LogP contribution >= 0.6 is 0 Å². The van der Waals surface area contributed by atoms with Gasteiger partial charge in [-0.3, -0.25) is 0 Å². The number of hydrogen-bond acceptors (Lipinski definition) is 8. The van der Waals surface area contributed by atoms with E-state index in [1.807, 2.05) is 24.3 Å². The molecule has 0 aliphatic heterocycles. The second-order valence-electron chi connectivity index (χ2n) is 33.3. The molecule has 0 aliphatic carbocycles. The Labute approximate surface area is 764 Å². The van der Waals surface area contributed by atoms with E-state index >= 15 is 0 Å². The van der Waals surface area contributed by atoms with Crippen LogP contribution in [-0.4, -0.2) is 39.9 Å². The molecular weight excluding hydrogens is 1600 g/mol. The summed E-state index contributed by atoms with van der Waals surface area (Å²) in [6, 6.07) is 171. The number of pyridine rings is 2. The van der Waals surface area contributed by atoms with Crippen LogP contribution in [0.2, 0.25) is 0 Å². The van der Waals surface area contributed by atoms with Crippen molar-refractivity contribution >= 4 is 64.9 Å². The molecule has 616 valence electrons. The summed E-state index contributed by atoms with van der Waals surface area (Å²) in [6.07, 6.45) is 0. The van der Waals surface area contributed by atoms with Gasteiger partial charge in [0.2, 0.25) is 0 Å². The fraction of sp³-hybridized carbons (Fsp3) is 0. The van der Waals surface area contributed by atoms with Crippen LogP contribution in [-0.2, 0) is 0 Å². The Bertz CT molecular complexity index is 8230. The lowest BCUT2D eigenvalue weighted by Crippen LogP contribution is -2.00. The molecule has 8 heteroatoms. The van der Waals surface area contributed by atoms with Crippen molar-refractivity contribution in [1.29, 1.82) is 0 Å². The maximum atomic E-state index is 5.31. The molecule has 132 heavy (non-hydrogen) atoms. The highest BCUT2D eigenvalue weighted by molar-refractivity contribution is 6.16. The first kappa shape index (κ1) is 79.0. The van der Waals surface area contributed by atoms with Gasteiger partial charge in [0, 0.05) is 66.1 Å². The SMILES string of the molecule is c1ccc(-c2ccc(-c3nc(-c4ccc(-c5ccccc5)cc4)nc(-c4cccc(-c5ccc(-c6cccc(-c7nc8cc9ccccc9cc8c8ccccc78)c6)cc5)c4)n3)cc2)cc1.c1ccc(-c2ccc(-c3nc(-c4ccc(-c5ccccc5)cc4)nc(-c4cccc(-c5ccc(-c6cccc(-c7nc8ccccc8c8cc9ccccc9cc78)c6)cc5)c4)n3)cc2)cc1. The van der Waals surface area contributed by atoms with E-state index < -0.39 is 0 Å². The minimum absolute atomic E-state index is 0.618. The molecule has 0 N–H and O–H groups in total. The van der Waals surface area contributed by atoms with E-state index in [2.05, 4.69) is 461 Å². The monoisotopic (exact) mass is 1680 g/mol. The van der Waals surface area contributed by atoms with Crippen molar-refractivity contribution in [2.75, 3.05) is 0 Å². The molecule has 0 amide bonds. The molecule has 20 aromatic carbocycles. The van der Waals surface area contributed by atoms with Gasteiger partial charge in [-0.15, -0.1) is 0 Å². The van der Waals surface area contributed by atoms with E-state index in [-0.39, 0.29) is 0 Å². The standard InChI is InChI=1S/2C62H40N4/c1-3-13-41(14-4-1)43-29-33-47(34-30-43)60-64-61(48-35-31-44(32-36-48)42-15-5-2-6-16-42)66-62(65-60)54-22-12-20-50(38-54)46-27-25-45(26-28-46)49-19-11-21-53(37-49)59-57-40-52-18-8-7-17-51(52)39-56(57)55-23-9-10-24-58(55)63-59;1-3-13-41(14-4-1)43-29-33-47(34-30-43)60-64-61(48-35-31-44(32-36-48)42-15-5-2-6-16-42)66-62(65-60)54-22-12-20-50(38-54)46-27-25-45(26-28-46)49-19-11-21-53(37-49)59-56-24-10-9-23-55(56)57-39-51-17-7-8-18-52(51)40-58(57)63-59/h2*1-40H. The van der Waals surface area contributed by atoms with E-state index in [9.17, 15) is 0 Å². The quantitative estimate of drug-likeness (QED) is 0.0696. The molecule has 0 radical (unpaired) electrons. The summed E-state index contributed by atoms with van der Waals surface area (Å²) >= 11 is 0. The summed E-state index contributed by atoms with van der Waals surface area (Å²) < 4.78 is 0. The van der Waals surface area contributed by atoms with Gasteiger partial charge in [0.05, 0.1) is 22.4 Å². The first-order chi connectivity index (χ1) is 65.3. The lowest BCUT2D eigenvalue weighted by molar-refractivity contribution is 1.07. The minimum Gasteiger partial charge on any atom is -0.247 e. The average molecular weight is 1680 g/mol. The highest BCUT2D eigenvalue weighted by Gasteiger charge is 2.21. The Balaban J connectivity index is 0.000000150. The maximum Gasteiger partial charge on any atom is 0.164 e. The Morgan fingerprint density at radius 3 is 0.674 bits per heavy atom. The van der Waals surface area contributed by atoms with Gasteiger partial charge >= 0.3 is 0 Å². The van der Waals surface area contributed by atoms with E-state index in [1.54, 1.807) is 0 Å². The summed E-state index contributed by atoms with van der Waals surface area (Å²) in [7, 11) is 0. The summed E-state index contributed by atoms with van der Waals surface area (Å²) in [5, 5.41) is 11.9. The fourth-order valence-corrected chi connectivity index (χ4v) is 18.1. The Hall–Kier alpha value is -17.7. The van der Waals surface area contributed by atoms with Gasteiger partial charge in [-0.2, -0.15) is 0 Å². The van der Waals surface area contributed by atoms with Crippen molar-refractivity contribution in [3.05, 3.63) is 485 Å². The number of aromatic nitrogens is 8. The molecule has 24 rings (SSSR count). The smallest absolute Gasteiger partial charge is 0.164 e. The molecule has 0 saturated carbocycles. The average Bonchev–Trinajstić information content (AvgIpc) is 0.749. The topological polar surface area (TPSA) is 103 Å². The molecule has 0 atom stereocenters. The summed E-state index contributed by atoms with van der Waals surface area (Å²) in [5.74, 6) is 3.73. The second kappa shape index (κ2) is 34.9. The number of para-hydroxylation sites is 1. The molecule has 4 heterocycles. The largest absolute Gasteiger partial charge is 0.247 e. The van der Waals surface area contributed by atoms with Crippen molar-refractivity contribution in [3.8, 4) is 180 Å². The molecule has 8 nitrogen and oxygen atoms in total. The van der Waals surface area contributed by atoms with Gasteiger partial charge in [-0.05, 0) is 176 Å². The van der Waals surface area contributed by atoms with Crippen molar-refractivity contribution in [2.24, 2.45) is 0 Å². The van der Waals surface area contributed by atoms with Crippen LogP contribution in [0.15, 0.2) is 485 Å². The predicted octanol–water partition coefficient (Wildman–Crippen LogP) is 32.1. The van der Waals surface area contributed by atoms with Crippen LogP contribution in [0, 0.1) is 0 Å². The van der Waals surface area contributed by atoms with Gasteiger partial charge in [0.25, 0.3) is 0 Å². The van der Waals surface area contributed by atoms with Crippen molar-refractivity contribution < 1.29 is 0 Å². The second-order valence-corrected chi connectivity index (χ2v) is 33.3. The van der Waals surface area contributed by atoms with Crippen LogP contribution in [0.4, 0.5) is 0 Å². The Morgan fingerprint density at radius 2 is 0.318 bits per heavy atom. The first-order valence-electron chi connectivity index (χ1n) is 44.6. The first-order valence-corrected chi connectivity index (χ1v) is 44.6. The highest BCUT2D eigenvalue weighted by atomic mass is 15.0. The van der Waals surface area contributed by atoms with Crippen LogP contribution in [0.1, 0.15) is 0 Å². The van der Waals surface area contributed by atoms with Gasteiger partial charge in [-0.1, -0.05) is 431 Å². The molecule has 0 spiro atoms. The summed E-state index contributed by atoms with van der Waals surface area (Å²) in [6.45, 7) is 0. The van der Waals surface area contributed by atoms with Crippen LogP contribution in [0.25, 0.3) is 245 Å². The van der Waals surface area contributed by atoms with Gasteiger partial charge < -0.3 is 0 Å². The van der Waals surface area contributed by atoms with E-state index in [0.717, 1.165) is 150 Å². The zero-order chi connectivity index (χ0) is 87.6. The van der Waals surface area contributed by atoms with Gasteiger partial charge in [0.1, 0.15) is 0 Å².